The third-order valence-corrected chi connectivity index (χ3v) is 5.76. The topological polar surface area (TPSA) is 84.5 Å². The Bertz CT molecular complexity index is 1130. The van der Waals surface area contributed by atoms with Gasteiger partial charge in [-0.15, -0.1) is 0 Å². The average Bonchev–Trinajstić information content (AvgIpc) is 2.74. The maximum atomic E-state index is 13.1. The lowest BCUT2D eigenvalue weighted by Crippen LogP contribution is -2.17. The first-order chi connectivity index (χ1) is 14.4. The van der Waals surface area contributed by atoms with Gasteiger partial charge in [0, 0.05) is 6.42 Å². The predicted molar refractivity (Wildman–Crippen MR) is 114 cm³/mol. The highest BCUT2D eigenvalue weighted by Crippen LogP contribution is 2.25. The summed E-state index contributed by atoms with van der Waals surface area (Å²) in [5.41, 5.74) is 1.45. The van der Waals surface area contributed by atoms with Gasteiger partial charge in [-0.25, -0.2) is 12.8 Å². The Morgan fingerprint density at radius 2 is 1.57 bits per heavy atom. The van der Waals surface area contributed by atoms with Crippen molar-refractivity contribution in [3.63, 3.8) is 0 Å². The van der Waals surface area contributed by atoms with E-state index in [0.29, 0.717) is 17.9 Å². The lowest BCUT2D eigenvalue weighted by atomic mass is 10.1. The maximum absolute atomic E-state index is 13.1. The van der Waals surface area contributed by atoms with E-state index in [2.05, 4.69) is 10.0 Å². The molecule has 6 nitrogen and oxygen atoms in total. The van der Waals surface area contributed by atoms with Gasteiger partial charge in [0.15, 0.2) is 0 Å². The van der Waals surface area contributed by atoms with Crippen molar-refractivity contribution < 1.29 is 22.3 Å². The molecule has 0 radical (unpaired) electrons. The number of halogens is 1. The van der Waals surface area contributed by atoms with Crippen LogP contribution in [-0.2, 0) is 21.2 Å². The molecule has 0 spiro atoms. The molecule has 3 aromatic carbocycles. The lowest BCUT2D eigenvalue weighted by Gasteiger charge is -2.14. The molecular weight excluding hydrogens is 407 g/mol. The van der Waals surface area contributed by atoms with Crippen molar-refractivity contribution in [3.8, 4) is 5.75 Å². The number of carbonyl (C=O) groups excluding carboxylic acids is 1. The monoisotopic (exact) mass is 428 g/mol. The van der Waals surface area contributed by atoms with Crippen molar-refractivity contribution in [2.24, 2.45) is 0 Å². The number of sulfonamides is 1. The average molecular weight is 428 g/mol. The Morgan fingerprint density at radius 3 is 2.27 bits per heavy atom. The van der Waals surface area contributed by atoms with Gasteiger partial charge in [0.25, 0.3) is 10.0 Å². The van der Waals surface area contributed by atoms with E-state index in [1.807, 2.05) is 24.3 Å². The zero-order valence-corrected chi connectivity index (χ0v) is 17.1. The number of rotatable bonds is 8. The summed E-state index contributed by atoms with van der Waals surface area (Å²) in [6, 6.07) is 18.4. The number of aryl methyl sites for hydroxylation is 1. The minimum Gasteiger partial charge on any atom is -0.496 e. The fraction of sp³-hybridized carbons (Fsp3) is 0.136. The van der Waals surface area contributed by atoms with Crippen molar-refractivity contribution in [2.45, 2.75) is 17.7 Å². The highest BCUT2D eigenvalue weighted by atomic mass is 32.2. The van der Waals surface area contributed by atoms with Gasteiger partial charge >= 0.3 is 0 Å². The van der Waals surface area contributed by atoms with E-state index in [4.69, 9.17) is 4.74 Å². The summed E-state index contributed by atoms with van der Waals surface area (Å²) in [5.74, 6) is -0.0937. The molecule has 1 amide bonds. The van der Waals surface area contributed by atoms with Crippen molar-refractivity contribution in [1.82, 2.24) is 0 Å². The number of amides is 1. The summed E-state index contributed by atoms with van der Waals surface area (Å²) in [5, 5.41) is 2.73. The molecule has 8 heteroatoms. The molecular formula is C22H21FN2O4S. The van der Waals surface area contributed by atoms with E-state index in [1.54, 1.807) is 25.3 Å². The molecule has 0 aliphatic rings. The van der Waals surface area contributed by atoms with E-state index in [0.717, 1.165) is 17.7 Å². The highest BCUT2D eigenvalue weighted by Gasteiger charge is 2.17. The Balaban J connectivity index is 1.70. The Labute approximate surface area is 174 Å². The Hall–Kier alpha value is -3.39. The minimum atomic E-state index is -3.94. The van der Waals surface area contributed by atoms with Crippen LogP contribution in [-0.4, -0.2) is 21.4 Å². The van der Waals surface area contributed by atoms with Gasteiger partial charge in [-0.2, -0.15) is 0 Å². The maximum Gasteiger partial charge on any atom is 0.261 e. The number of para-hydroxylation sites is 3. The van der Waals surface area contributed by atoms with Crippen LogP contribution in [0.25, 0.3) is 0 Å². The molecule has 0 fully saturated rings. The van der Waals surface area contributed by atoms with Crippen molar-refractivity contribution in [1.29, 1.82) is 0 Å². The summed E-state index contributed by atoms with van der Waals surface area (Å²) in [6.07, 6.45) is 0.665. The van der Waals surface area contributed by atoms with Crippen LogP contribution in [0.1, 0.15) is 12.0 Å². The molecule has 0 atom stereocenters. The molecule has 0 aromatic heterocycles. The number of methoxy groups -OCH3 is 1. The van der Waals surface area contributed by atoms with E-state index in [1.165, 1.54) is 18.2 Å². The number of hydrogen-bond acceptors (Lipinski definition) is 4. The number of ether oxygens (including phenoxy) is 1. The Morgan fingerprint density at radius 1 is 0.933 bits per heavy atom. The Kier molecular flexibility index (Phi) is 6.68. The van der Waals surface area contributed by atoms with Gasteiger partial charge < -0.3 is 10.1 Å². The van der Waals surface area contributed by atoms with Gasteiger partial charge in [0.05, 0.1) is 23.4 Å². The van der Waals surface area contributed by atoms with Crippen LogP contribution in [0.15, 0.2) is 77.7 Å². The van der Waals surface area contributed by atoms with Gasteiger partial charge in [-0.05, 0) is 54.4 Å². The minimum absolute atomic E-state index is 0.0822. The second-order valence-corrected chi connectivity index (χ2v) is 8.15. The number of anilines is 2. The van der Waals surface area contributed by atoms with Crippen molar-refractivity contribution in [3.05, 3.63) is 84.2 Å². The second-order valence-electron chi connectivity index (χ2n) is 6.47. The third-order valence-electron chi connectivity index (χ3n) is 4.38. The molecule has 2 N–H and O–H groups in total. The number of hydrogen-bond donors (Lipinski definition) is 2. The normalized spacial score (nSPS) is 11.0. The van der Waals surface area contributed by atoms with Gasteiger partial charge in [-0.3, -0.25) is 9.52 Å². The molecule has 0 saturated carbocycles. The van der Waals surface area contributed by atoms with Crippen LogP contribution in [0.5, 0.6) is 5.75 Å². The van der Waals surface area contributed by atoms with Crippen molar-refractivity contribution in [2.75, 3.05) is 17.1 Å². The molecule has 3 aromatic rings. The van der Waals surface area contributed by atoms with E-state index < -0.39 is 15.8 Å². The molecule has 0 unspecified atom stereocenters. The quantitative estimate of drug-likeness (QED) is 0.563. The number of benzene rings is 3. The van der Waals surface area contributed by atoms with E-state index in [9.17, 15) is 17.6 Å². The van der Waals surface area contributed by atoms with Crippen LogP contribution < -0.4 is 14.8 Å². The SMILES string of the molecule is COc1ccccc1CCC(=O)Nc1ccccc1NS(=O)(=O)c1ccc(F)cc1. The second kappa shape index (κ2) is 9.41. The molecule has 0 heterocycles. The van der Waals surface area contributed by atoms with Crippen LogP contribution >= 0.6 is 0 Å². The summed E-state index contributed by atoms with van der Waals surface area (Å²) >= 11 is 0. The number of carbonyl (C=O) groups is 1. The van der Waals surface area contributed by atoms with Crippen LogP contribution in [0.2, 0.25) is 0 Å². The van der Waals surface area contributed by atoms with Crippen molar-refractivity contribution >= 4 is 27.3 Å². The molecule has 0 saturated heterocycles. The van der Waals surface area contributed by atoms with Gasteiger partial charge in [-0.1, -0.05) is 30.3 Å². The third kappa shape index (κ3) is 5.36. The molecule has 156 valence electrons. The van der Waals surface area contributed by atoms with Crippen LogP contribution in [0, 0.1) is 5.82 Å². The zero-order valence-electron chi connectivity index (χ0n) is 16.3. The molecule has 30 heavy (non-hydrogen) atoms. The molecule has 0 aliphatic heterocycles. The summed E-state index contributed by atoms with van der Waals surface area (Å²) in [6.45, 7) is 0. The zero-order chi connectivity index (χ0) is 21.6. The number of nitrogens with one attached hydrogen (secondary N) is 2. The predicted octanol–water partition coefficient (Wildman–Crippen LogP) is 4.21. The standard InChI is InChI=1S/C22H21FN2O4S/c1-29-21-9-5-2-6-16(21)10-15-22(26)24-19-7-3-4-8-20(19)25-30(27,28)18-13-11-17(23)12-14-18/h2-9,11-14,25H,10,15H2,1H3,(H,24,26). The summed E-state index contributed by atoms with van der Waals surface area (Å²) < 4.78 is 45.9. The van der Waals surface area contributed by atoms with E-state index in [-0.39, 0.29) is 22.9 Å². The van der Waals surface area contributed by atoms with Gasteiger partial charge in [0.1, 0.15) is 11.6 Å². The first kappa shape index (κ1) is 21.3. The van der Waals surface area contributed by atoms with Crippen LogP contribution in [0.3, 0.4) is 0 Å². The summed E-state index contributed by atoms with van der Waals surface area (Å²) in [7, 11) is -2.37. The largest absolute Gasteiger partial charge is 0.496 e. The van der Waals surface area contributed by atoms with Gasteiger partial charge in [0.2, 0.25) is 5.91 Å². The smallest absolute Gasteiger partial charge is 0.261 e. The fourth-order valence-electron chi connectivity index (χ4n) is 2.87. The van der Waals surface area contributed by atoms with E-state index >= 15 is 0 Å². The fourth-order valence-corrected chi connectivity index (χ4v) is 3.95. The lowest BCUT2D eigenvalue weighted by molar-refractivity contribution is -0.116. The molecule has 0 aliphatic carbocycles. The summed E-state index contributed by atoms with van der Waals surface area (Å²) in [4.78, 5) is 12.4. The van der Waals surface area contributed by atoms with Crippen LogP contribution in [0.4, 0.5) is 15.8 Å². The molecule has 0 bridgehead atoms. The molecule has 3 rings (SSSR count). The first-order valence-electron chi connectivity index (χ1n) is 9.18. The first-order valence-corrected chi connectivity index (χ1v) is 10.7. The highest BCUT2D eigenvalue weighted by molar-refractivity contribution is 7.92.